The first kappa shape index (κ1) is 20.8. The molecule has 0 heterocycles. The van der Waals surface area contributed by atoms with Crippen LogP contribution in [0.3, 0.4) is 0 Å². The number of hydroxylamine groups is 2. The number of hydrogen-bond donors (Lipinski definition) is 1. The number of benzene rings is 1. The molecule has 2 unspecified atom stereocenters. The van der Waals surface area contributed by atoms with Crippen molar-refractivity contribution >= 4 is 13.5 Å². The first-order valence-electron chi connectivity index (χ1n) is 6.32. The number of rotatable bonds is 7. The third kappa shape index (κ3) is 8.73. The fourth-order valence-electron chi connectivity index (χ4n) is 1.67. The molecular formula is C13H19NNaO5P. The Morgan fingerprint density at radius 1 is 1.43 bits per heavy atom. The molecule has 2 atom stereocenters. The number of hydrogen-bond acceptors (Lipinski definition) is 4. The van der Waals surface area contributed by atoms with Gasteiger partial charge in [0.25, 0.3) is 0 Å². The fourth-order valence-corrected chi connectivity index (χ4v) is 2.22. The van der Waals surface area contributed by atoms with E-state index in [4.69, 9.17) is 9.73 Å². The molecular weight excluding hydrogens is 304 g/mol. The molecule has 0 saturated heterocycles. The van der Waals surface area contributed by atoms with Gasteiger partial charge < -0.3 is 14.4 Å². The Hall–Kier alpha value is -0.200. The second kappa shape index (κ2) is 9.74. The van der Waals surface area contributed by atoms with Gasteiger partial charge in [-0.25, -0.2) is 5.06 Å². The maximum absolute atomic E-state index is 11.5. The van der Waals surface area contributed by atoms with E-state index in [1.165, 1.54) is 6.92 Å². The smallest absolute Gasteiger partial charge is 0.779 e. The van der Waals surface area contributed by atoms with Crippen LogP contribution >= 0.6 is 7.60 Å². The van der Waals surface area contributed by atoms with Gasteiger partial charge in [0.1, 0.15) is 13.7 Å². The van der Waals surface area contributed by atoms with Crippen LogP contribution in [0, 0.1) is 0 Å². The first-order chi connectivity index (χ1) is 9.29. The van der Waals surface area contributed by atoms with Crippen molar-refractivity contribution in [3.05, 3.63) is 35.9 Å². The van der Waals surface area contributed by atoms with Gasteiger partial charge in [0, 0.05) is 19.6 Å². The van der Waals surface area contributed by atoms with Crippen LogP contribution in [-0.2, 0) is 14.2 Å². The van der Waals surface area contributed by atoms with E-state index in [1.54, 1.807) is 6.92 Å². The van der Waals surface area contributed by atoms with Crippen LogP contribution in [0.25, 0.3) is 0 Å². The molecule has 0 aliphatic carbocycles. The summed E-state index contributed by atoms with van der Waals surface area (Å²) in [4.78, 5) is 36.3. The Bertz CT molecular complexity index is 479. The zero-order valence-electron chi connectivity index (χ0n) is 12.6. The standard InChI is InChI=1S/C13H20NO5P.Na/c1-11(13-7-4-3-5-8-13)19-14(12(2)15)9-6-10-20(16,17)18;/h3-5,7-8,11H,6,9-10H2,1-2H3,(H2,16,17,18);/q;+1/p-1. The number of carbonyl (C=O) groups excluding carboxylic acids is 1. The molecule has 112 valence electrons. The molecule has 0 radical (unpaired) electrons. The predicted octanol–water partition coefficient (Wildman–Crippen LogP) is -1.53. The summed E-state index contributed by atoms with van der Waals surface area (Å²) in [7, 11) is -4.29. The van der Waals surface area contributed by atoms with Crippen LogP contribution in [0.1, 0.15) is 31.9 Å². The summed E-state index contributed by atoms with van der Waals surface area (Å²) in [5.74, 6) is -0.313. The molecule has 0 aliphatic heterocycles. The van der Waals surface area contributed by atoms with E-state index in [1.807, 2.05) is 30.3 Å². The van der Waals surface area contributed by atoms with Gasteiger partial charge in [-0.2, -0.15) is 0 Å². The third-order valence-electron chi connectivity index (χ3n) is 2.71. The van der Waals surface area contributed by atoms with Gasteiger partial charge in [0.15, 0.2) is 0 Å². The molecule has 0 aromatic heterocycles. The number of amides is 1. The molecule has 8 heteroatoms. The van der Waals surface area contributed by atoms with Crippen molar-refractivity contribution in [2.24, 2.45) is 0 Å². The Morgan fingerprint density at radius 2 is 2.00 bits per heavy atom. The van der Waals surface area contributed by atoms with Crippen molar-refractivity contribution in [3.8, 4) is 0 Å². The number of carbonyl (C=O) groups is 1. The molecule has 0 spiro atoms. The Morgan fingerprint density at radius 3 is 2.48 bits per heavy atom. The Labute approximate surface area is 146 Å². The second-order valence-electron chi connectivity index (χ2n) is 4.49. The van der Waals surface area contributed by atoms with Gasteiger partial charge >= 0.3 is 29.6 Å². The molecule has 1 amide bonds. The summed E-state index contributed by atoms with van der Waals surface area (Å²) in [5.41, 5.74) is 0.912. The first-order valence-corrected chi connectivity index (χ1v) is 8.08. The summed E-state index contributed by atoms with van der Waals surface area (Å²) >= 11 is 0. The minimum absolute atomic E-state index is 0. The average molecular weight is 323 g/mol. The minimum Gasteiger partial charge on any atom is -0.779 e. The zero-order valence-corrected chi connectivity index (χ0v) is 15.5. The zero-order chi connectivity index (χ0) is 15.2. The van der Waals surface area contributed by atoms with E-state index in [2.05, 4.69) is 0 Å². The maximum Gasteiger partial charge on any atom is 1.00 e. The van der Waals surface area contributed by atoms with Crippen molar-refractivity contribution in [1.82, 2.24) is 5.06 Å². The molecule has 0 fully saturated rings. The van der Waals surface area contributed by atoms with E-state index in [0.29, 0.717) is 0 Å². The molecule has 21 heavy (non-hydrogen) atoms. The van der Waals surface area contributed by atoms with Crippen LogP contribution in [-0.4, -0.2) is 28.6 Å². The SMILES string of the molecule is CC(=O)N(CCCP(=O)([O-])O)OC(C)c1ccccc1.[Na+]. The van der Waals surface area contributed by atoms with E-state index < -0.39 is 7.60 Å². The van der Waals surface area contributed by atoms with E-state index >= 15 is 0 Å². The summed E-state index contributed by atoms with van der Waals surface area (Å²) in [5, 5.41) is 1.12. The van der Waals surface area contributed by atoms with Gasteiger partial charge in [0.05, 0.1) is 0 Å². The Balaban J connectivity index is 0.00000400. The predicted molar refractivity (Wildman–Crippen MR) is 72.6 cm³/mol. The van der Waals surface area contributed by atoms with Crippen LogP contribution in [0.5, 0.6) is 0 Å². The topological polar surface area (TPSA) is 89.9 Å². The molecule has 1 rings (SSSR count). The molecule has 6 nitrogen and oxygen atoms in total. The summed E-state index contributed by atoms with van der Waals surface area (Å²) in [6, 6.07) is 9.37. The van der Waals surface area contributed by atoms with E-state index in [0.717, 1.165) is 10.6 Å². The van der Waals surface area contributed by atoms with Crippen molar-refractivity contribution in [2.45, 2.75) is 26.4 Å². The fraction of sp³-hybridized carbons (Fsp3) is 0.462. The Kier molecular flexibility index (Phi) is 9.65. The van der Waals surface area contributed by atoms with E-state index in [9.17, 15) is 14.3 Å². The monoisotopic (exact) mass is 323 g/mol. The van der Waals surface area contributed by atoms with Crippen molar-refractivity contribution in [3.63, 3.8) is 0 Å². The van der Waals surface area contributed by atoms with Crippen LogP contribution in [0.15, 0.2) is 30.3 Å². The molecule has 0 aliphatic rings. The van der Waals surface area contributed by atoms with Gasteiger partial charge in [-0.05, 0) is 18.9 Å². The summed E-state index contributed by atoms with van der Waals surface area (Å²) < 4.78 is 10.7. The van der Waals surface area contributed by atoms with Crippen LogP contribution in [0.2, 0.25) is 0 Å². The largest absolute Gasteiger partial charge is 1.00 e. The minimum atomic E-state index is -4.29. The number of nitrogens with zero attached hydrogens (tertiary/aromatic N) is 1. The van der Waals surface area contributed by atoms with Crippen molar-refractivity contribution in [1.29, 1.82) is 0 Å². The second-order valence-corrected chi connectivity index (χ2v) is 6.22. The molecule has 1 aromatic rings. The molecule has 1 N–H and O–H groups in total. The van der Waals surface area contributed by atoms with Gasteiger partial charge in [-0.3, -0.25) is 9.63 Å². The van der Waals surface area contributed by atoms with Crippen LogP contribution in [0.4, 0.5) is 0 Å². The van der Waals surface area contributed by atoms with Gasteiger partial charge in [-0.15, -0.1) is 0 Å². The van der Waals surface area contributed by atoms with Crippen LogP contribution < -0.4 is 34.5 Å². The van der Waals surface area contributed by atoms with Gasteiger partial charge in [-0.1, -0.05) is 30.3 Å². The normalized spacial score (nSPS) is 14.7. The summed E-state index contributed by atoms with van der Waals surface area (Å²) in [6.45, 7) is 3.25. The molecule has 0 bridgehead atoms. The van der Waals surface area contributed by atoms with Crippen molar-refractivity contribution in [2.75, 3.05) is 12.7 Å². The third-order valence-corrected chi connectivity index (χ3v) is 3.59. The molecule has 0 saturated carbocycles. The summed E-state index contributed by atoms with van der Waals surface area (Å²) in [6.07, 6.45) is -0.577. The molecule has 1 aromatic carbocycles. The maximum atomic E-state index is 11.5. The van der Waals surface area contributed by atoms with Crippen molar-refractivity contribution < 1.29 is 53.5 Å². The average Bonchev–Trinajstić information content (AvgIpc) is 2.37. The van der Waals surface area contributed by atoms with E-state index in [-0.39, 0.29) is 60.7 Å². The van der Waals surface area contributed by atoms with Gasteiger partial charge in [0.2, 0.25) is 5.91 Å². The quantitative estimate of drug-likeness (QED) is 0.373.